The lowest BCUT2D eigenvalue weighted by Crippen LogP contribution is -2.64. The van der Waals surface area contributed by atoms with Gasteiger partial charge in [-0.15, -0.1) is 0 Å². The van der Waals surface area contributed by atoms with Crippen LogP contribution in [0.5, 0.6) is 0 Å². The van der Waals surface area contributed by atoms with E-state index in [2.05, 4.69) is 19.1 Å². The summed E-state index contributed by atoms with van der Waals surface area (Å²) in [5, 5.41) is 0. The third kappa shape index (κ3) is 1.65. The van der Waals surface area contributed by atoms with Gasteiger partial charge in [-0.1, -0.05) is 42.5 Å². The Balaban J connectivity index is 1.70. The summed E-state index contributed by atoms with van der Waals surface area (Å²) in [6, 6.07) is 10.1. The molecular weight excluding hydrogens is 264 g/mol. The predicted molar refractivity (Wildman–Crippen MR) is 78.7 cm³/mol. The van der Waals surface area contributed by atoms with Crippen LogP contribution in [0.4, 0.5) is 0 Å². The average molecular weight is 284 g/mol. The molecular formula is C18H20O3. The molecule has 1 aliphatic heterocycles. The zero-order valence-corrected chi connectivity index (χ0v) is 12.6. The lowest BCUT2D eigenvalue weighted by Gasteiger charge is -2.54. The molecule has 0 amide bonds. The molecule has 3 nitrogen and oxygen atoms in total. The van der Waals surface area contributed by atoms with E-state index in [-0.39, 0.29) is 29.8 Å². The molecule has 1 saturated carbocycles. The standard InChI is InChI=1S/C18H20O3/c1-17(2)20-13-10-9-12-14(15(13)21-17)16(19)18(12,3)11-7-5-4-6-8-11/h4-10,12-15H,1-3H3/t12-,13-,14-,15-,18+/m1/s1. The van der Waals surface area contributed by atoms with E-state index in [9.17, 15) is 4.79 Å². The number of carbonyl (C=O) groups excluding carboxylic acids is 1. The number of carbonyl (C=O) groups is 1. The van der Waals surface area contributed by atoms with Crippen LogP contribution in [-0.2, 0) is 19.7 Å². The first-order valence-electron chi connectivity index (χ1n) is 7.57. The van der Waals surface area contributed by atoms with Gasteiger partial charge in [0.05, 0.1) is 11.3 Å². The Morgan fingerprint density at radius 3 is 2.43 bits per heavy atom. The van der Waals surface area contributed by atoms with Crippen molar-refractivity contribution in [2.45, 2.75) is 44.2 Å². The Bertz CT molecular complexity index is 619. The summed E-state index contributed by atoms with van der Waals surface area (Å²) >= 11 is 0. The maximum absolute atomic E-state index is 12.9. The molecule has 1 aromatic carbocycles. The summed E-state index contributed by atoms with van der Waals surface area (Å²) in [5.41, 5.74) is 0.668. The molecule has 3 heteroatoms. The van der Waals surface area contributed by atoms with Crippen LogP contribution in [0.2, 0.25) is 0 Å². The molecule has 1 aromatic rings. The van der Waals surface area contributed by atoms with Gasteiger partial charge in [0.15, 0.2) is 5.79 Å². The third-order valence-electron chi connectivity index (χ3n) is 5.27. The highest BCUT2D eigenvalue weighted by Gasteiger charge is 2.65. The normalized spacial score (nSPS) is 43.1. The smallest absolute Gasteiger partial charge is 0.164 e. The van der Waals surface area contributed by atoms with Crippen molar-refractivity contribution in [2.24, 2.45) is 11.8 Å². The molecule has 1 saturated heterocycles. The van der Waals surface area contributed by atoms with Gasteiger partial charge in [-0.3, -0.25) is 4.79 Å². The third-order valence-corrected chi connectivity index (χ3v) is 5.27. The molecule has 5 atom stereocenters. The second kappa shape index (κ2) is 4.05. The molecule has 0 bridgehead atoms. The van der Waals surface area contributed by atoms with Crippen molar-refractivity contribution in [3.05, 3.63) is 48.0 Å². The van der Waals surface area contributed by atoms with Gasteiger partial charge in [-0.05, 0) is 26.3 Å². The van der Waals surface area contributed by atoms with Gasteiger partial charge in [0.2, 0.25) is 0 Å². The summed E-state index contributed by atoms with van der Waals surface area (Å²) in [6.07, 6.45) is 4.00. The van der Waals surface area contributed by atoms with E-state index in [1.807, 2.05) is 44.2 Å². The fourth-order valence-electron chi connectivity index (χ4n) is 4.19. The minimum atomic E-state index is -0.604. The van der Waals surface area contributed by atoms with Gasteiger partial charge < -0.3 is 9.47 Å². The van der Waals surface area contributed by atoms with E-state index in [0.29, 0.717) is 0 Å². The number of hydrogen-bond acceptors (Lipinski definition) is 3. The van der Waals surface area contributed by atoms with Crippen molar-refractivity contribution < 1.29 is 14.3 Å². The van der Waals surface area contributed by atoms with Gasteiger partial charge in [0, 0.05) is 5.92 Å². The first-order chi connectivity index (χ1) is 9.93. The number of ether oxygens (including phenoxy) is 2. The van der Waals surface area contributed by atoms with Crippen LogP contribution in [0.3, 0.4) is 0 Å². The Hall–Kier alpha value is -1.45. The Morgan fingerprint density at radius 1 is 1.00 bits per heavy atom. The van der Waals surface area contributed by atoms with Crippen LogP contribution in [0.1, 0.15) is 26.3 Å². The van der Waals surface area contributed by atoms with E-state index >= 15 is 0 Å². The Kier molecular flexibility index (Phi) is 2.55. The van der Waals surface area contributed by atoms with Crippen LogP contribution in [0.15, 0.2) is 42.5 Å². The van der Waals surface area contributed by atoms with Crippen molar-refractivity contribution in [3.63, 3.8) is 0 Å². The first-order valence-corrected chi connectivity index (χ1v) is 7.57. The SMILES string of the molecule is CC1(C)O[C@H]2[C@@H]3C(=O)[C@@](C)(c4ccccc4)[C@@H]3C=C[C@H]2O1. The quantitative estimate of drug-likeness (QED) is 0.744. The Labute approximate surface area is 124 Å². The van der Waals surface area contributed by atoms with Gasteiger partial charge in [-0.25, -0.2) is 0 Å². The maximum Gasteiger partial charge on any atom is 0.164 e. The van der Waals surface area contributed by atoms with Crippen LogP contribution < -0.4 is 0 Å². The summed E-state index contributed by atoms with van der Waals surface area (Å²) in [6.45, 7) is 5.87. The van der Waals surface area contributed by atoms with Gasteiger partial charge in [0.25, 0.3) is 0 Å². The van der Waals surface area contributed by atoms with Crippen molar-refractivity contribution in [2.75, 3.05) is 0 Å². The van der Waals surface area contributed by atoms with Crippen LogP contribution in [-0.4, -0.2) is 23.8 Å². The highest BCUT2D eigenvalue weighted by Crippen LogP contribution is 2.56. The summed E-state index contributed by atoms with van der Waals surface area (Å²) in [5.74, 6) is -0.203. The maximum atomic E-state index is 12.9. The zero-order valence-electron chi connectivity index (χ0n) is 12.6. The lowest BCUT2D eigenvalue weighted by molar-refractivity contribution is -0.167. The average Bonchev–Trinajstić information content (AvgIpc) is 2.79. The minimum absolute atomic E-state index is 0.0769. The molecule has 4 rings (SSSR count). The molecule has 2 aliphatic carbocycles. The van der Waals surface area contributed by atoms with Crippen LogP contribution in [0.25, 0.3) is 0 Å². The highest BCUT2D eigenvalue weighted by atomic mass is 16.8. The molecule has 21 heavy (non-hydrogen) atoms. The zero-order chi connectivity index (χ0) is 14.8. The number of hydrogen-bond donors (Lipinski definition) is 0. The van der Waals surface area contributed by atoms with E-state index < -0.39 is 11.2 Å². The molecule has 0 aromatic heterocycles. The van der Waals surface area contributed by atoms with Crippen molar-refractivity contribution in [1.29, 1.82) is 0 Å². The molecule has 0 radical (unpaired) electrons. The summed E-state index contributed by atoms with van der Waals surface area (Å²) in [4.78, 5) is 12.9. The largest absolute Gasteiger partial charge is 0.343 e. The molecule has 0 N–H and O–H groups in total. The van der Waals surface area contributed by atoms with Gasteiger partial charge in [0.1, 0.15) is 18.0 Å². The van der Waals surface area contributed by atoms with E-state index in [0.717, 1.165) is 5.56 Å². The number of fused-ring (bicyclic) bond motifs is 3. The van der Waals surface area contributed by atoms with Gasteiger partial charge >= 0.3 is 0 Å². The topological polar surface area (TPSA) is 35.5 Å². The van der Waals surface area contributed by atoms with E-state index in [1.54, 1.807) is 0 Å². The predicted octanol–water partition coefficient (Wildman–Crippen LogP) is 2.85. The van der Waals surface area contributed by atoms with Crippen molar-refractivity contribution >= 4 is 5.78 Å². The molecule has 0 spiro atoms. The summed E-state index contributed by atoms with van der Waals surface area (Å²) < 4.78 is 11.9. The molecule has 0 unspecified atom stereocenters. The number of allylic oxidation sites excluding steroid dienone is 1. The Morgan fingerprint density at radius 2 is 1.71 bits per heavy atom. The molecule has 1 heterocycles. The van der Waals surface area contributed by atoms with Crippen LogP contribution in [0, 0.1) is 11.8 Å². The second-order valence-corrected chi connectivity index (χ2v) is 6.93. The fourth-order valence-corrected chi connectivity index (χ4v) is 4.19. The number of ketones is 1. The van der Waals surface area contributed by atoms with Gasteiger partial charge in [-0.2, -0.15) is 0 Å². The first kappa shape index (κ1) is 13.2. The number of rotatable bonds is 1. The van der Waals surface area contributed by atoms with Crippen molar-refractivity contribution in [3.8, 4) is 0 Å². The highest BCUT2D eigenvalue weighted by molar-refractivity contribution is 6.00. The molecule has 2 fully saturated rings. The lowest BCUT2D eigenvalue weighted by atomic mass is 9.48. The van der Waals surface area contributed by atoms with Crippen molar-refractivity contribution in [1.82, 2.24) is 0 Å². The second-order valence-electron chi connectivity index (χ2n) is 6.93. The minimum Gasteiger partial charge on any atom is -0.343 e. The number of benzene rings is 1. The fraction of sp³-hybridized carbons (Fsp3) is 0.500. The molecule has 110 valence electrons. The van der Waals surface area contributed by atoms with E-state index in [4.69, 9.17) is 9.47 Å². The summed E-state index contributed by atoms with van der Waals surface area (Å²) in [7, 11) is 0. The molecule has 3 aliphatic rings. The van der Waals surface area contributed by atoms with Crippen LogP contribution >= 0.6 is 0 Å². The number of Topliss-reactive ketones (excluding diaryl/α,β-unsaturated/α-hetero) is 1. The monoisotopic (exact) mass is 284 g/mol. The van der Waals surface area contributed by atoms with E-state index in [1.165, 1.54) is 0 Å².